The fraction of sp³-hybridized carbons (Fsp3) is 0.733. The highest BCUT2D eigenvalue weighted by molar-refractivity contribution is 5.85. The summed E-state index contributed by atoms with van der Waals surface area (Å²) < 4.78 is 0. The topological polar surface area (TPSA) is 75.0 Å². The monoisotopic (exact) mass is 348 g/mol. The van der Waals surface area contributed by atoms with Gasteiger partial charge in [-0.3, -0.25) is 4.79 Å². The molecule has 0 unspecified atom stereocenters. The molecule has 0 spiro atoms. The number of carbonyl (C=O) groups is 1. The van der Waals surface area contributed by atoms with E-state index in [2.05, 4.69) is 9.97 Å². The predicted octanol–water partition coefficient (Wildman–Crippen LogP) is 2.48. The maximum absolute atomic E-state index is 12.3. The molecule has 0 aromatic carbocycles. The lowest BCUT2D eigenvalue weighted by atomic mass is 9.93. The molecular formula is C15H26Cl2N4O. The Balaban J connectivity index is 0.00000121. The number of amides is 1. The average molecular weight is 349 g/mol. The molecule has 1 aromatic rings. The summed E-state index contributed by atoms with van der Waals surface area (Å²) in [4.78, 5) is 21.6. The summed E-state index contributed by atoms with van der Waals surface area (Å²) in [5.41, 5.74) is 7.26. The minimum atomic E-state index is 0. The van der Waals surface area contributed by atoms with E-state index in [9.17, 15) is 4.79 Å². The normalized spacial score (nSPS) is 25.4. The van der Waals surface area contributed by atoms with E-state index in [1.807, 2.05) is 11.1 Å². The molecule has 1 saturated carbocycles. The first-order valence-electron chi connectivity index (χ1n) is 7.75. The summed E-state index contributed by atoms with van der Waals surface area (Å²) in [6.07, 6.45) is 9.73. The van der Waals surface area contributed by atoms with E-state index in [0.29, 0.717) is 24.2 Å². The van der Waals surface area contributed by atoms with E-state index in [1.54, 1.807) is 6.33 Å². The van der Waals surface area contributed by atoms with Gasteiger partial charge in [-0.1, -0.05) is 6.42 Å². The second kappa shape index (κ2) is 8.75. The molecule has 2 fully saturated rings. The third-order valence-corrected chi connectivity index (χ3v) is 4.96. The molecule has 3 N–H and O–H groups in total. The van der Waals surface area contributed by atoms with E-state index in [-0.39, 0.29) is 30.9 Å². The largest absolute Gasteiger partial charge is 0.348 e. The second-order valence-corrected chi connectivity index (χ2v) is 6.22. The molecule has 1 amide bonds. The lowest BCUT2D eigenvalue weighted by Crippen LogP contribution is -2.40. The summed E-state index contributed by atoms with van der Waals surface area (Å²) in [6, 6.07) is 0.237. The van der Waals surface area contributed by atoms with Gasteiger partial charge < -0.3 is 15.6 Å². The van der Waals surface area contributed by atoms with Crippen molar-refractivity contribution in [3.8, 4) is 0 Å². The number of rotatable bonds is 3. The Labute approximate surface area is 144 Å². The molecule has 1 saturated heterocycles. The Hall–Kier alpha value is -0.780. The van der Waals surface area contributed by atoms with Gasteiger partial charge in [0.15, 0.2) is 0 Å². The maximum Gasteiger partial charge on any atom is 0.222 e. The van der Waals surface area contributed by atoms with Crippen LogP contribution < -0.4 is 5.73 Å². The van der Waals surface area contributed by atoms with Gasteiger partial charge in [0.25, 0.3) is 0 Å². The summed E-state index contributed by atoms with van der Waals surface area (Å²) in [6.45, 7) is 1.73. The Bertz CT molecular complexity index is 446. The van der Waals surface area contributed by atoms with Crippen molar-refractivity contribution in [3.05, 3.63) is 18.2 Å². The van der Waals surface area contributed by atoms with Crippen molar-refractivity contribution in [2.45, 2.75) is 50.5 Å². The molecular weight excluding hydrogens is 323 g/mol. The fourth-order valence-corrected chi connectivity index (χ4v) is 3.60. The van der Waals surface area contributed by atoms with Crippen LogP contribution in [0.1, 0.15) is 50.1 Å². The van der Waals surface area contributed by atoms with Crippen LogP contribution in [0, 0.1) is 5.92 Å². The number of hydrogen-bond acceptors (Lipinski definition) is 3. The molecule has 3 rings (SSSR count). The molecule has 2 aliphatic rings. The number of aromatic nitrogens is 2. The van der Waals surface area contributed by atoms with Crippen LogP contribution in [0.2, 0.25) is 0 Å². The van der Waals surface area contributed by atoms with E-state index in [4.69, 9.17) is 5.73 Å². The predicted molar refractivity (Wildman–Crippen MR) is 91.6 cm³/mol. The molecule has 2 heterocycles. The smallest absolute Gasteiger partial charge is 0.222 e. The number of nitrogens with one attached hydrogen (secondary N) is 1. The minimum absolute atomic E-state index is 0. The first kappa shape index (κ1) is 19.3. The molecule has 22 heavy (non-hydrogen) atoms. The van der Waals surface area contributed by atoms with Crippen LogP contribution >= 0.6 is 24.8 Å². The molecule has 7 heteroatoms. The molecule has 126 valence electrons. The Kier molecular flexibility index (Phi) is 7.66. The second-order valence-electron chi connectivity index (χ2n) is 6.22. The van der Waals surface area contributed by atoms with Gasteiger partial charge in [0, 0.05) is 43.4 Å². The Morgan fingerprint density at radius 1 is 1.27 bits per heavy atom. The van der Waals surface area contributed by atoms with Crippen LogP contribution in [0.4, 0.5) is 0 Å². The first-order valence-corrected chi connectivity index (χ1v) is 7.75. The van der Waals surface area contributed by atoms with Gasteiger partial charge in [-0.2, -0.15) is 0 Å². The van der Waals surface area contributed by atoms with Gasteiger partial charge in [-0.15, -0.1) is 24.8 Å². The average Bonchev–Trinajstić information content (AvgIpc) is 3.12. The lowest BCUT2D eigenvalue weighted by Gasteiger charge is -2.32. The van der Waals surface area contributed by atoms with Crippen molar-refractivity contribution in [2.75, 3.05) is 13.1 Å². The molecule has 0 bridgehead atoms. The van der Waals surface area contributed by atoms with Crippen LogP contribution in [0.5, 0.6) is 0 Å². The highest BCUT2D eigenvalue weighted by atomic mass is 35.5. The summed E-state index contributed by atoms with van der Waals surface area (Å²) >= 11 is 0. The number of nitrogens with two attached hydrogens (primary N) is 1. The number of H-pyrrole nitrogens is 1. The number of carbonyl (C=O) groups excluding carboxylic acids is 1. The van der Waals surface area contributed by atoms with E-state index < -0.39 is 0 Å². The first-order chi connectivity index (χ1) is 9.74. The van der Waals surface area contributed by atoms with Crippen LogP contribution in [0.15, 0.2) is 12.5 Å². The van der Waals surface area contributed by atoms with Crippen molar-refractivity contribution in [3.63, 3.8) is 0 Å². The highest BCUT2D eigenvalue weighted by Gasteiger charge is 2.30. The van der Waals surface area contributed by atoms with Gasteiger partial charge >= 0.3 is 0 Å². The third kappa shape index (κ3) is 4.37. The van der Waals surface area contributed by atoms with Crippen LogP contribution in [-0.4, -0.2) is 39.9 Å². The fourth-order valence-electron chi connectivity index (χ4n) is 3.60. The SMILES string of the molecule is Cl.Cl.N[C@@H]1CCC[C@H]1CC(=O)N1CCC(c2cnc[nH]2)CC1. The molecule has 0 radical (unpaired) electrons. The quantitative estimate of drug-likeness (QED) is 0.880. The third-order valence-electron chi connectivity index (χ3n) is 4.96. The van der Waals surface area contributed by atoms with Crippen molar-refractivity contribution < 1.29 is 4.79 Å². The van der Waals surface area contributed by atoms with Gasteiger partial charge in [0.1, 0.15) is 0 Å². The molecule has 5 nitrogen and oxygen atoms in total. The van der Waals surface area contributed by atoms with E-state index >= 15 is 0 Å². The van der Waals surface area contributed by atoms with E-state index in [0.717, 1.165) is 38.8 Å². The highest BCUT2D eigenvalue weighted by Crippen LogP contribution is 2.30. The Morgan fingerprint density at radius 3 is 2.55 bits per heavy atom. The zero-order chi connectivity index (χ0) is 13.9. The van der Waals surface area contributed by atoms with Gasteiger partial charge in [0.2, 0.25) is 5.91 Å². The van der Waals surface area contributed by atoms with Crippen molar-refractivity contribution in [2.24, 2.45) is 11.7 Å². The number of imidazole rings is 1. The van der Waals surface area contributed by atoms with Gasteiger partial charge in [-0.25, -0.2) is 4.98 Å². The standard InChI is InChI=1S/C15H24N4O.2ClH/c16-13-3-1-2-12(13)8-15(20)19-6-4-11(5-7-19)14-9-17-10-18-14;;/h9-13H,1-8,16H2,(H,17,18);2*1H/t12-,13+;;/m0../s1. The molecule has 1 aliphatic heterocycles. The van der Waals surface area contributed by atoms with Gasteiger partial charge in [-0.05, 0) is 31.6 Å². The van der Waals surface area contributed by atoms with Crippen LogP contribution in [0.3, 0.4) is 0 Å². The van der Waals surface area contributed by atoms with Crippen molar-refractivity contribution in [1.29, 1.82) is 0 Å². The zero-order valence-electron chi connectivity index (χ0n) is 12.7. The summed E-state index contributed by atoms with van der Waals surface area (Å²) in [5, 5.41) is 0. The number of piperidine rings is 1. The minimum Gasteiger partial charge on any atom is -0.348 e. The van der Waals surface area contributed by atoms with Gasteiger partial charge in [0.05, 0.1) is 6.33 Å². The number of nitrogens with zero attached hydrogens (tertiary/aromatic N) is 2. The number of halogens is 2. The van der Waals surface area contributed by atoms with Crippen molar-refractivity contribution >= 4 is 30.7 Å². The van der Waals surface area contributed by atoms with E-state index in [1.165, 1.54) is 12.1 Å². The number of aromatic amines is 1. The molecule has 1 aliphatic carbocycles. The maximum atomic E-state index is 12.3. The Morgan fingerprint density at radius 2 is 2.00 bits per heavy atom. The number of likely N-dealkylation sites (tertiary alicyclic amines) is 1. The molecule has 1 aromatic heterocycles. The lowest BCUT2D eigenvalue weighted by molar-refractivity contribution is -0.133. The summed E-state index contributed by atoms with van der Waals surface area (Å²) in [5.74, 6) is 1.23. The van der Waals surface area contributed by atoms with Crippen LogP contribution in [-0.2, 0) is 4.79 Å². The number of hydrogen-bond donors (Lipinski definition) is 2. The molecule has 2 atom stereocenters. The van der Waals surface area contributed by atoms with Crippen LogP contribution in [0.25, 0.3) is 0 Å². The zero-order valence-corrected chi connectivity index (χ0v) is 14.4. The summed E-state index contributed by atoms with van der Waals surface area (Å²) in [7, 11) is 0. The van der Waals surface area contributed by atoms with Crippen molar-refractivity contribution in [1.82, 2.24) is 14.9 Å².